The average Bonchev–Trinajstić information content (AvgIpc) is 2.24. The van der Waals surface area contributed by atoms with Crippen molar-refractivity contribution in [3.8, 4) is 0 Å². The molecule has 0 bridgehead atoms. The lowest BCUT2D eigenvalue weighted by atomic mass is 10.0. The third kappa shape index (κ3) is 2.48. The van der Waals surface area contributed by atoms with E-state index in [4.69, 9.17) is 9.47 Å². The van der Waals surface area contributed by atoms with Crippen LogP contribution in [0.4, 0.5) is 4.39 Å². The summed E-state index contributed by atoms with van der Waals surface area (Å²) in [5.74, 6) is -0.961. The summed E-state index contributed by atoms with van der Waals surface area (Å²) < 4.78 is 24.0. The van der Waals surface area contributed by atoms with Crippen LogP contribution in [0.2, 0.25) is 0 Å². The van der Waals surface area contributed by atoms with E-state index in [1.165, 1.54) is 27.2 Å². The summed E-state index contributed by atoms with van der Waals surface area (Å²) in [6, 6.07) is 3.11. The maximum absolute atomic E-state index is 13.8. The molecule has 0 radical (unpaired) electrons. The van der Waals surface area contributed by atoms with Gasteiger partial charge in [0.25, 0.3) is 0 Å². The number of Topliss-reactive ketones (excluding diaryl/α,β-unsaturated/α-hetero) is 1. The third-order valence-electron chi connectivity index (χ3n) is 2.16. The summed E-state index contributed by atoms with van der Waals surface area (Å²) in [6.45, 7) is 1.30. The van der Waals surface area contributed by atoms with E-state index in [0.717, 1.165) is 0 Å². The van der Waals surface area contributed by atoms with Gasteiger partial charge < -0.3 is 9.47 Å². The number of halogens is 2. The molecule has 16 heavy (non-hydrogen) atoms. The lowest BCUT2D eigenvalue weighted by molar-refractivity contribution is -0.106. The van der Waals surface area contributed by atoms with Crippen LogP contribution in [0.5, 0.6) is 0 Å². The van der Waals surface area contributed by atoms with E-state index in [1.54, 1.807) is 6.07 Å². The van der Waals surface area contributed by atoms with Gasteiger partial charge >= 0.3 is 0 Å². The van der Waals surface area contributed by atoms with Gasteiger partial charge in [-0.05, 0) is 28.9 Å². The SMILES string of the molecule is COC(OC)c1ccc(Br)c(F)c1C(C)=O. The molecule has 0 saturated heterocycles. The fourth-order valence-electron chi connectivity index (χ4n) is 1.47. The molecule has 88 valence electrons. The average molecular weight is 291 g/mol. The predicted octanol–water partition coefficient (Wildman–Crippen LogP) is 3.08. The monoisotopic (exact) mass is 290 g/mol. The van der Waals surface area contributed by atoms with Gasteiger partial charge in [-0.1, -0.05) is 6.07 Å². The Labute approximate surface area is 102 Å². The zero-order chi connectivity index (χ0) is 12.3. The van der Waals surface area contributed by atoms with Gasteiger partial charge in [-0.15, -0.1) is 0 Å². The predicted molar refractivity (Wildman–Crippen MR) is 60.9 cm³/mol. The minimum Gasteiger partial charge on any atom is -0.352 e. The molecule has 0 unspecified atom stereocenters. The Kier molecular flexibility index (Phi) is 4.58. The van der Waals surface area contributed by atoms with Crippen molar-refractivity contribution in [1.29, 1.82) is 0 Å². The van der Waals surface area contributed by atoms with E-state index in [1.807, 2.05) is 0 Å². The number of carbonyl (C=O) groups excluding carboxylic acids is 1. The van der Waals surface area contributed by atoms with Crippen LogP contribution in [0.3, 0.4) is 0 Å². The van der Waals surface area contributed by atoms with Crippen LogP contribution in [0.1, 0.15) is 29.1 Å². The second kappa shape index (κ2) is 5.52. The summed E-state index contributed by atoms with van der Waals surface area (Å²) in [5, 5.41) is 0. The molecule has 0 aromatic heterocycles. The van der Waals surface area contributed by atoms with E-state index in [0.29, 0.717) is 5.56 Å². The van der Waals surface area contributed by atoms with Gasteiger partial charge in [0.1, 0.15) is 5.82 Å². The number of ketones is 1. The highest BCUT2D eigenvalue weighted by Gasteiger charge is 2.21. The molecule has 0 saturated carbocycles. The molecule has 3 nitrogen and oxygen atoms in total. The van der Waals surface area contributed by atoms with Crippen LogP contribution >= 0.6 is 15.9 Å². The highest BCUT2D eigenvalue weighted by atomic mass is 79.9. The molecule has 1 aromatic rings. The number of ether oxygens (including phenoxy) is 2. The van der Waals surface area contributed by atoms with Gasteiger partial charge in [-0.3, -0.25) is 4.79 Å². The minimum absolute atomic E-state index is 0.0110. The van der Waals surface area contributed by atoms with Crippen LogP contribution < -0.4 is 0 Å². The highest BCUT2D eigenvalue weighted by Crippen LogP contribution is 2.28. The Morgan fingerprint density at radius 1 is 1.38 bits per heavy atom. The third-order valence-corrected chi connectivity index (χ3v) is 2.77. The molecular formula is C11H12BrFO3. The molecule has 0 amide bonds. The fraction of sp³-hybridized carbons (Fsp3) is 0.364. The molecule has 0 aliphatic rings. The van der Waals surface area contributed by atoms with Gasteiger partial charge in [0.15, 0.2) is 12.1 Å². The number of methoxy groups -OCH3 is 2. The van der Waals surface area contributed by atoms with Crippen molar-refractivity contribution in [1.82, 2.24) is 0 Å². The fourth-order valence-corrected chi connectivity index (χ4v) is 1.80. The smallest absolute Gasteiger partial charge is 0.183 e. The maximum Gasteiger partial charge on any atom is 0.183 e. The number of carbonyl (C=O) groups is 1. The standard InChI is InChI=1S/C11H12BrFO3/c1-6(14)9-7(11(15-2)16-3)4-5-8(12)10(9)13/h4-5,11H,1-3H3. The van der Waals surface area contributed by atoms with E-state index >= 15 is 0 Å². The largest absolute Gasteiger partial charge is 0.352 e. The van der Waals surface area contributed by atoms with Gasteiger partial charge in [0.05, 0.1) is 10.0 Å². The summed E-state index contributed by atoms with van der Waals surface area (Å²) in [4.78, 5) is 11.4. The number of hydrogen-bond donors (Lipinski definition) is 0. The molecule has 1 rings (SSSR count). The van der Waals surface area contributed by atoms with Gasteiger partial charge in [-0.25, -0.2) is 4.39 Å². The molecule has 1 aromatic carbocycles. The van der Waals surface area contributed by atoms with Crippen LogP contribution in [-0.2, 0) is 9.47 Å². The number of rotatable bonds is 4. The zero-order valence-corrected chi connectivity index (χ0v) is 10.8. The zero-order valence-electron chi connectivity index (χ0n) is 9.21. The van der Waals surface area contributed by atoms with Crippen molar-refractivity contribution in [3.63, 3.8) is 0 Å². The first-order chi connectivity index (χ1) is 7.52. The molecule has 0 atom stereocenters. The summed E-state index contributed by atoms with van der Waals surface area (Å²) in [5.41, 5.74) is 0.376. The Balaban J connectivity index is 3.39. The van der Waals surface area contributed by atoms with E-state index < -0.39 is 12.1 Å². The van der Waals surface area contributed by atoms with Crippen LogP contribution in [0, 0.1) is 5.82 Å². The molecule has 0 heterocycles. The molecule has 0 spiro atoms. The van der Waals surface area contributed by atoms with Crippen molar-refractivity contribution in [2.75, 3.05) is 14.2 Å². The molecule has 0 fully saturated rings. The lowest BCUT2D eigenvalue weighted by Crippen LogP contribution is -2.11. The lowest BCUT2D eigenvalue weighted by Gasteiger charge is -2.17. The number of hydrogen-bond acceptors (Lipinski definition) is 3. The Morgan fingerprint density at radius 2 is 1.94 bits per heavy atom. The Bertz CT molecular complexity index is 402. The van der Waals surface area contributed by atoms with E-state index in [-0.39, 0.29) is 15.8 Å². The molecular weight excluding hydrogens is 279 g/mol. The van der Waals surface area contributed by atoms with Crippen molar-refractivity contribution >= 4 is 21.7 Å². The van der Waals surface area contributed by atoms with Crippen molar-refractivity contribution in [2.24, 2.45) is 0 Å². The topological polar surface area (TPSA) is 35.5 Å². The van der Waals surface area contributed by atoms with Crippen LogP contribution in [-0.4, -0.2) is 20.0 Å². The second-order valence-corrected chi connectivity index (χ2v) is 4.04. The molecule has 5 heteroatoms. The quantitative estimate of drug-likeness (QED) is 0.631. The van der Waals surface area contributed by atoms with Gasteiger partial charge in [0, 0.05) is 19.8 Å². The minimum atomic E-state index is -0.749. The van der Waals surface area contributed by atoms with Crippen molar-refractivity contribution < 1.29 is 18.7 Å². The van der Waals surface area contributed by atoms with Gasteiger partial charge in [0.2, 0.25) is 0 Å². The summed E-state index contributed by atoms with van der Waals surface area (Å²) in [6.07, 6.45) is -0.749. The Morgan fingerprint density at radius 3 is 2.38 bits per heavy atom. The second-order valence-electron chi connectivity index (χ2n) is 3.19. The highest BCUT2D eigenvalue weighted by molar-refractivity contribution is 9.10. The van der Waals surface area contributed by atoms with E-state index in [9.17, 15) is 9.18 Å². The van der Waals surface area contributed by atoms with Crippen LogP contribution in [0.25, 0.3) is 0 Å². The first kappa shape index (κ1) is 13.3. The molecule has 0 aliphatic carbocycles. The first-order valence-electron chi connectivity index (χ1n) is 4.57. The van der Waals surface area contributed by atoms with E-state index in [2.05, 4.69) is 15.9 Å². The normalized spacial score (nSPS) is 10.9. The molecule has 0 N–H and O–H groups in total. The number of benzene rings is 1. The van der Waals surface area contributed by atoms with Crippen molar-refractivity contribution in [2.45, 2.75) is 13.2 Å². The van der Waals surface area contributed by atoms with Gasteiger partial charge in [-0.2, -0.15) is 0 Å². The Hall–Kier alpha value is -0.780. The van der Waals surface area contributed by atoms with Crippen molar-refractivity contribution in [3.05, 3.63) is 33.5 Å². The summed E-state index contributed by atoms with van der Waals surface area (Å²) in [7, 11) is 2.86. The maximum atomic E-state index is 13.8. The summed E-state index contributed by atoms with van der Waals surface area (Å²) >= 11 is 3.03. The molecule has 0 aliphatic heterocycles. The van der Waals surface area contributed by atoms with Crippen LogP contribution in [0.15, 0.2) is 16.6 Å². The first-order valence-corrected chi connectivity index (χ1v) is 5.36.